The second-order valence-corrected chi connectivity index (χ2v) is 3.65. The number of quaternary nitrogens is 1. The summed E-state index contributed by atoms with van der Waals surface area (Å²) in [6, 6.07) is 0. The van der Waals surface area contributed by atoms with Gasteiger partial charge in [-0.25, -0.2) is 3.29 Å². The van der Waals surface area contributed by atoms with Crippen LogP contribution in [0.4, 0.5) is 0 Å². The van der Waals surface area contributed by atoms with E-state index in [1.165, 1.54) is 0 Å². The standard InChI is InChI=1S/C2H8NS2.ClH/c1-3(2,4)5;/h4-5H,1-2H3;1H/q+1;/p-1. The summed E-state index contributed by atoms with van der Waals surface area (Å²) in [5.41, 5.74) is 0. The van der Waals surface area contributed by atoms with Crippen molar-refractivity contribution in [2.45, 2.75) is 0 Å². The Balaban J connectivity index is 0. The van der Waals surface area contributed by atoms with Gasteiger partial charge in [0.1, 0.15) is 0 Å². The maximum Gasteiger partial charge on any atom is 0.0892 e. The summed E-state index contributed by atoms with van der Waals surface area (Å²) < 4.78 is 0.389. The Kier molecular flexibility index (Phi) is 5.05. The molecule has 0 N–H and O–H groups in total. The molecule has 0 saturated heterocycles. The summed E-state index contributed by atoms with van der Waals surface area (Å²) in [6.07, 6.45) is 0. The fourth-order valence-electron chi connectivity index (χ4n) is 0. The minimum atomic E-state index is 0. The highest BCUT2D eigenvalue weighted by atomic mass is 35.5. The molecule has 0 unspecified atom stereocenters. The summed E-state index contributed by atoms with van der Waals surface area (Å²) in [7, 11) is 3.71. The third kappa shape index (κ3) is 85.6. The first-order valence-electron chi connectivity index (χ1n) is 1.29. The van der Waals surface area contributed by atoms with Gasteiger partial charge in [-0.05, 0) is 0 Å². The van der Waals surface area contributed by atoms with Crippen LogP contribution >= 0.6 is 25.6 Å². The van der Waals surface area contributed by atoms with Gasteiger partial charge >= 0.3 is 0 Å². The van der Waals surface area contributed by atoms with E-state index in [2.05, 4.69) is 25.6 Å². The van der Waals surface area contributed by atoms with E-state index in [0.717, 1.165) is 0 Å². The van der Waals surface area contributed by atoms with Crippen molar-refractivity contribution in [2.24, 2.45) is 0 Å². The minimum absolute atomic E-state index is 0. The Morgan fingerprint density at radius 2 is 1.17 bits per heavy atom. The SMILES string of the molecule is C[N+](C)(S)S.[Cl-]. The van der Waals surface area contributed by atoms with E-state index < -0.39 is 0 Å². The first-order valence-corrected chi connectivity index (χ1v) is 2.09. The van der Waals surface area contributed by atoms with Crippen LogP contribution in [0.5, 0.6) is 0 Å². The fourth-order valence-corrected chi connectivity index (χ4v) is 0. The van der Waals surface area contributed by atoms with Crippen molar-refractivity contribution in [3.63, 3.8) is 0 Å². The molecule has 0 radical (unpaired) electrons. The first kappa shape index (κ1) is 10.0. The Hall–Kier alpha value is 0.950. The molecule has 0 rings (SSSR count). The quantitative estimate of drug-likeness (QED) is 0.280. The predicted octanol–water partition coefficient (Wildman–Crippen LogP) is -2.24. The molecule has 0 atom stereocenters. The Labute approximate surface area is 55.8 Å². The van der Waals surface area contributed by atoms with E-state index in [-0.39, 0.29) is 12.4 Å². The number of hydrogen-bond acceptors (Lipinski definition) is 2. The van der Waals surface area contributed by atoms with Crippen molar-refractivity contribution < 1.29 is 15.7 Å². The monoisotopic (exact) mass is 145 g/mol. The molecule has 1 nitrogen and oxygen atoms in total. The highest BCUT2D eigenvalue weighted by Crippen LogP contribution is 2.02. The molecule has 0 aromatic heterocycles. The number of rotatable bonds is 0. The molecule has 0 spiro atoms. The van der Waals surface area contributed by atoms with Gasteiger partial charge in [0.2, 0.25) is 0 Å². The lowest BCUT2D eigenvalue weighted by atomic mass is 11.3. The molecule has 0 aromatic rings. The van der Waals surface area contributed by atoms with Gasteiger partial charge in [0.05, 0.1) is 39.7 Å². The van der Waals surface area contributed by atoms with E-state index in [1.54, 1.807) is 0 Å². The van der Waals surface area contributed by atoms with Gasteiger partial charge in [0.15, 0.2) is 0 Å². The van der Waals surface area contributed by atoms with Crippen LogP contribution in [0.15, 0.2) is 0 Å². The van der Waals surface area contributed by atoms with E-state index in [1.807, 2.05) is 14.1 Å². The number of nitrogens with zero attached hydrogens (tertiary/aromatic N) is 1. The molecule has 0 bridgehead atoms. The highest BCUT2D eigenvalue weighted by Gasteiger charge is 1.94. The number of halogens is 1. The second-order valence-electron chi connectivity index (χ2n) is 1.34. The summed E-state index contributed by atoms with van der Waals surface area (Å²) in [5, 5.41) is 0. The van der Waals surface area contributed by atoms with Gasteiger partial charge in [-0.1, -0.05) is 0 Å². The van der Waals surface area contributed by atoms with Crippen LogP contribution in [0.2, 0.25) is 0 Å². The molecular weight excluding hydrogens is 138 g/mol. The molecule has 0 aliphatic rings. The molecule has 0 saturated carbocycles. The Morgan fingerprint density at radius 3 is 1.17 bits per heavy atom. The van der Waals surface area contributed by atoms with Crippen molar-refractivity contribution >= 4 is 25.6 Å². The molecule has 4 heteroatoms. The van der Waals surface area contributed by atoms with Crippen molar-refractivity contribution in [1.82, 2.24) is 0 Å². The molecule has 6 heavy (non-hydrogen) atoms. The van der Waals surface area contributed by atoms with E-state index in [0.29, 0.717) is 3.29 Å². The van der Waals surface area contributed by atoms with E-state index in [4.69, 9.17) is 0 Å². The van der Waals surface area contributed by atoms with Crippen LogP contribution in [0.25, 0.3) is 0 Å². The van der Waals surface area contributed by atoms with Crippen LogP contribution < -0.4 is 12.4 Å². The third-order valence-electron chi connectivity index (χ3n) is 0. The molecular formula is C2H8ClNS2. The lowest BCUT2D eigenvalue weighted by Crippen LogP contribution is -3.00. The number of thiol groups is 2. The van der Waals surface area contributed by atoms with Crippen LogP contribution in [0.1, 0.15) is 0 Å². The number of hydrogen-bond donors (Lipinski definition) is 2. The van der Waals surface area contributed by atoms with E-state index >= 15 is 0 Å². The Bertz CT molecular complexity index is 27.0. The normalized spacial score (nSPS) is 10.0. The summed E-state index contributed by atoms with van der Waals surface area (Å²) in [6.45, 7) is 0. The van der Waals surface area contributed by atoms with Crippen LogP contribution in [-0.2, 0) is 0 Å². The Morgan fingerprint density at radius 1 is 1.17 bits per heavy atom. The molecule has 0 fully saturated rings. The maximum atomic E-state index is 3.92. The van der Waals surface area contributed by atoms with Crippen LogP contribution in [-0.4, -0.2) is 17.4 Å². The summed E-state index contributed by atoms with van der Waals surface area (Å²) in [5.74, 6) is 0. The van der Waals surface area contributed by atoms with E-state index in [9.17, 15) is 0 Å². The highest BCUT2D eigenvalue weighted by molar-refractivity contribution is 7.87. The smallest absolute Gasteiger partial charge is 0.0892 e. The topological polar surface area (TPSA) is 0 Å². The van der Waals surface area contributed by atoms with Gasteiger partial charge in [0.25, 0.3) is 0 Å². The zero-order valence-electron chi connectivity index (χ0n) is 3.72. The largest absolute Gasteiger partial charge is 1.00 e. The van der Waals surface area contributed by atoms with Gasteiger partial charge in [-0.2, -0.15) is 0 Å². The van der Waals surface area contributed by atoms with Crippen LogP contribution in [0.3, 0.4) is 0 Å². The zero-order valence-corrected chi connectivity index (χ0v) is 6.26. The van der Waals surface area contributed by atoms with Crippen molar-refractivity contribution in [1.29, 1.82) is 0 Å². The molecule has 40 valence electrons. The predicted molar refractivity (Wildman–Crippen MR) is 30.1 cm³/mol. The third-order valence-corrected chi connectivity index (χ3v) is 0. The van der Waals surface area contributed by atoms with Gasteiger partial charge in [-0.15, -0.1) is 0 Å². The molecule has 0 aromatic carbocycles. The molecule has 0 aliphatic heterocycles. The average molecular weight is 146 g/mol. The summed E-state index contributed by atoms with van der Waals surface area (Å²) >= 11 is 7.85. The molecule has 0 amide bonds. The fraction of sp³-hybridized carbons (Fsp3) is 1.00. The van der Waals surface area contributed by atoms with Crippen molar-refractivity contribution in [2.75, 3.05) is 14.1 Å². The average Bonchev–Trinajstić information content (AvgIpc) is 0.722. The molecule has 0 aliphatic carbocycles. The van der Waals surface area contributed by atoms with Crippen molar-refractivity contribution in [3.05, 3.63) is 0 Å². The zero-order chi connectivity index (χ0) is 4.50. The van der Waals surface area contributed by atoms with Gasteiger partial charge < -0.3 is 12.4 Å². The van der Waals surface area contributed by atoms with Crippen LogP contribution in [0, 0.1) is 0 Å². The minimum Gasteiger partial charge on any atom is -1.00 e. The van der Waals surface area contributed by atoms with Gasteiger partial charge in [-0.3, -0.25) is 0 Å². The summed E-state index contributed by atoms with van der Waals surface area (Å²) in [4.78, 5) is 0. The molecule has 0 heterocycles. The maximum absolute atomic E-state index is 3.92. The second kappa shape index (κ2) is 3.02. The lowest BCUT2D eigenvalue weighted by Gasteiger charge is -2.07. The van der Waals surface area contributed by atoms with Crippen molar-refractivity contribution in [3.8, 4) is 0 Å². The van der Waals surface area contributed by atoms with Gasteiger partial charge in [0, 0.05) is 0 Å². The lowest BCUT2D eigenvalue weighted by molar-refractivity contribution is -0.583. The first-order chi connectivity index (χ1) is 2.00.